The smallest absolute Gasteiger partial charge is 0.310 e. The van der Waals surface area contributed by atoms with Crippen molar-refractivity contribution in [1.29, 1.82) is 0 Å². The minimum Gasteiger partial charge on any atom is -0.457 e. The van der Waals surface area contributed by atoms with Crippen LogP contribution in [0.5, 0.6) is 0 Å². The molecule has 0 saturated heterocycles. The maximum atomic E-state index is 11.2. The fraction of sp³-hybridized carbons (Fsp3) is 0.550. The van der Waals surface area contributed by atoms with Crippen LogP contribution in [0, 0.1) is 10.8 Å². The Bertz CT molecular complexity index is 685. The van der Waals surface area contributed by atoms with Crippen molar-refractivity contribution in [3.05, 3.63) is 24.3 Å². The Morgan fingerprint density at radius 3 is 1.43 bits per heavy atom. The number of hydrogen-bond donors (Lipinski definition) is 1. The molecule has 28 heavy (non-hydrogen) atoms. The highest BCUT2D eigenvalue weighted by Gasteiger charge is 2.40. The van der Waals surface area contributed by atoms with Crippen LogP contribution in [0.3, 0.4) is 0 Å². The second-order valence-corrected chi connectivity index (χ2v) is 7.45. The summed E-state index contributed by atoms with van der Waals surface area (Å²) in [6, 6.07) is 0. The van der Waals surface area contributed by atoms with Crippen molar-refractivity contribution < 1.29 is 38.6 Å². The van der Waals surface area contributed by atoms with Gasteiger partial charge in [-0.05, 0) is 45.9 Å². The first kappa shape index (κ1) is 25.4. The molecule has 0 aromatic heterocycles. The van der Waals surface area contributed by atoms with E-state index in [2.05, 4.69) is 4.74 Å². The van der Waals surface area contributed by atoms with Crippen molar-refractivity contribution >= 4 is 29.5 Å². The standard InChI is InChI=1S/C9H12O3.C7H10O2.C4H6O3/c1-6(10)12-8-5-4-7(11)9(8,2)3;1-7(2)5(8)3-4-6(7)9;1-3(5)7-4(2)6/h4-5,8H,1-3H3;3-5,8H,1-2H3;1-2H3. The quantitative estimate of drug-likeness (QED) is 0.524. The summed E-state index contributed by atoms with van der Waals surface area (Å²) < 4.78 is 8.92. The molecule has 0 radical (unpaired) electrons. The first-order valence-electron chi connectivity index (χ1n) is 8.61. The molecule has 0 saturated carbocycles. The molecule has 0 bridgehead atoms. The van der Waals surface area contributed by atoms with E-state index in [4.69, 9.17) is 9.84 Å². The average Bonchev–Trinajstić information content (AvgIpc) is 2.90. The molecule has 2 unspecified atom stereocenters. The van der Waals surface area contributed by atoms with Gasteiger partial charge in [0.2, 0.25) is 0 Å². The van der Waals surface area contributed by atoms with Gasteiger partial charge in [0.05, 0.1) is 16.9 Å². The molecule has 0 heterocycles. The van der Waals surface area contributed by atoms with Gasteiger partial charge in [-0.3, -0.25) is 24.0 Å². The molecule has 0 aromatic rings. The predicted octanol–water partition coefficient (Wildman–Crippen LogP) is 1.69. The molecule has 2 aliphatic carbocycles. The van der Waals surface area contributed by atoms with Gasteiger partial charge in [-0.15, -0.1) is 0 Å². The third-order valence-electron chi connectivity index (χ3n) is 4.15. The molecule has 156 valence electrons. The molecule has 1 N–H and O–H groups in total. The molecule has 2 rings (SSSR count). The van der Waals surface area contributed by atoms with E-state index in [1.165, 1.54) is 39.0 Å². The van der Waals surface area contributed by atoms with Crippen LogP contribution >= 0.6 is 0 Å². The number of carbonyl (C=O) groups is 5. The first-order valence-corrected chi connectivity index (χ1v) is 8.61. The van der Waals surface area contributed by atoms with E-state index >= 15 is 0 Å². The molecule has 0 aromatic carbocycles. The third-order valence-corrected chi connectivity index (χ3v) is 4.15. The van der Waals surface area contributed by atoms with Gasteiger partial charge in [0.15, 0.2) is 11.6 Å². The van der Waals surface area contributed by atoms with Gasteiger partial charge in [-0.25, -0.2) is 0 Å². The molecule has 0 aliphatic heterocycles. The zero-order valence-corrected chi connectivity index (χ0v) is 17.3. The minimum atomic E-state index is -0.593. The number of aliphatic hydroxyl groups is 1. The van der Waals surface area contributed by atoms with Crippen molar-refractivity contribution in [3.63, 3.8) is 0 Å². The predicted molar refractivity (Wildman–Crippen MR) is 99.9 cm³/mol. The molecule has 8 nitrogen and oxygen atoms in total. The van der Waals surface area contributed by atoms with E-state index in [9.17, 15) is 24.0 Å². The van der Waals surface area contributed by atoms with E-state index in [-0.39, 0.29) is 17.5 Å². The number of ketones is 2. The molecule has 0 fully saturated rings. The molecule has 8 heteroatoms. The van der Waals surface area contributed by atoms with Crippen LogP contribution in [0.15, 0.2) is 24.3 Å². The van der Waals surface area contributed by atoms with E-state index in [1.54, 1.807) is 33.8 Å². The summed E-state index contributed by atoms with van der Waals surface area (Å²) in [4.78, 5) is 52.3. The molecule has 0 amide bonds. The van der Waals surface area contributed by atoms with Gasteiger partial charge in [0.25, 0.3) is 0 Å². The summed E-state index contributed by atoms with van der Waals surface area (Å²) in [5.74, 6) is -1.46. The van der Waals surface area contributed by atoms with Gasteiger partial charge in [0.1, 0.15) is 6.10 Å². The highest BCUT2D eigenvalue weighted by Crippen LogP contribution is 2.31. The van der Waals surface area contributed by atoms with Gasteiger partial charge < -0.3 is 14.6 Å². The van der Waals surface area contributed by atoms with Crippen molar-refractivity contribution in [2.45, 2.75) is 60.7 Å². The number of rotatable bonds is 1. The lowest BCUT2D eigenvalue weighted by Gasteiger charge is -2.24. The Kier molecular flexibility index (Phi) is 9.14. The zero-order valence-electron chi connectivity index (χ0n) is 17.3. The Labute approximate surface area is 164 Å². The van der Waals surface area contributed by atoms with Gasteiger partial charge in [0, 0.05) is 20.8 Å². The number of aliphatic hydroxyl groups excluding tert-OH is 1. The average molecular weight is 396 g/mol. The van der Waals surface area contributed by atoms with Crippen LogP contribution < -0.4 is 0 Å². The Balaban J connectivity index is 0.000000408. The summed E-state index contributed by atoms with van der Waals surface area (Å²) in [5, 5.41) is 9.12. The van der Waals surface area contributed by atoms with Crippen LogP contribution in [0.2, 0.25) is 0 Å². The Morgan fingerprint density at radius 1 is 0.821 bits per heavy atom. The minimum absolute atomic E-state index is 0.00810. The summed E-state index contributed by atoms with van der Waals surface area (Å²) in [7, 11) is 0. The number of ether oxygens (including phenoxy) is 2. The van der Waals surface area contributed by atoms with E-state index in [0.29, 0.717) is 0 Å². The third kappa shape index (κ3) is 7.56. The van der Waals surface area contributed by atoms with Crippen LogP contribution in [0.1, 0.15) is 48.5 Å². The number of allylic oxidation sites excluding steroid dienone is 2. The van der Waals surface area contributed by atoms with Crippen LogP contribution in [0.4, 0.5) is 0 Å². The second kappa shape index (κ2) is 10.1. The fourth-order valence-corrected chi connectivity index (χ4v) is 2.12. The number of hydrogen-bond acceptors (Lipinski definition) is 8. The van der Waals surface area contributed by atoms with Crippen molar-refractivity contribution in [2.24, 2.45) is 10.8 Å². The lowest BCUT2D eigenvalue weighted by Crippen LogP contribution is -2.33. The Morgan fingerprint density at radius 2 is 1.25 bits per heavy atom. The SMILES string of the molecule is CC(=O)OC(C)=O.CC(=O)OC1C=CC(=O)C1(C)C.CC1(C)C(=O)C=CC1O. The van der Waals surface area contributed by atoms with Gasteiger partial charge in [-0.2, -0.15) is 0 Å². The van der Waals surface area contributed by atoms with Crippen LogP contribution in [-0.4, -0.2) is 46.8 Å². The van der Waals surface area contributed by atoms with Gasteiger partial charge >= 0.3 is 17.9 Å². The van der Waals surface area contributed by atoms with Crippen LogP contribution in [0.25, 0.3) is 0 Å². The van der Waals surface area contributed by atoms with E-state index < -0.39 is 35.0 Å². The van der Waals surface area contributed by atoms with Gasteiger partial charge in [-0.1, -0.05) is 6.08 Å². The van der Waals surface area contributed by atoms with Crippen molar-refractivity contribution in [1.82, 2.24) is 0 Å². The van der Waals surface area contributed by atoms with E-state index in [1.807, 2.05) is 0 Å². The second-order valence-electron chi connectivity index (χ2n) is 7.45. The summed E-state index contributed by atoms with van der Waals surface area (Å²) >= 11 is 0. The summed E-state index contributed by atoms with van der Waals surface area (Å²) in [6.45, 7) is 10.7. The topological polar surface area (TPSA) is 124 Å². The largest absolute Gasteiger partial charge is 0.457 e. The number of esters is 3. The maximum absolute atomic E-state index is 11.2. The highest BCUT2D eigenvalue weighted by molar-refractivity contribution is 5.98. The molecule has 2 atom stereocenters. The highest BCUT2D eigenvalue weighted by atomic mass is 16.6. The summed E-state index contributed by atoms with van der Waals surface area (Å²) in [5.41, 5.74) is -1.17. The van der Waals surface area contributed by atoms with Crippen LogP contribution in [-0.2, 0) is 33.4 Å². The first-order chi connectivity index (χ1) is 12.6. The van der Waals surface area contributed by atoms with Crippen molar-refractivity contribution in [3.8, 4) is 0 Å². The lowest BCUT2D eigenvalue weighted by atomic mass is 9.87. The fourth-order valence-electron chi connectivity index (χ4n) is 2.12. The van der Waals surface area contributed by atoms with E-state index in [0.717, 1.165) is 0 Å². The zero-order chi connectivity index (χ0) is 22.3. The Hall–Kier alpha value is -2.61. The summed E-state index contributed by atoms with van der Waals surface area (Å²) in [6.07, 6.45) is 5.07. The lowest BCUT2D eigenvalue weighted by molar-refractivity contribution is -0.156. The molecular weight excluding hydrogens is 368 g/mol. The number of carbonyl (C=O) groups excluding carboxylic acids is 5. The normalized spacial score (nSPS) is 23.1. The maximum Gasteiger partial charge on any atom is 0.310 e. The van der Waals surface area contributed by atoms with Crippen molar-refractivity contribution in [2.75, 3.05) is 0 Å². The molecule has 2 aliphatic rings. The molecular formula is C20H28O8. The molecule has 0 spiro atoms. The monoisotopic (exact) mass is 396 g/mol.